The molecule has 0 heterocycles. The Morgan fingerprint density at radius 2 is 1.74 bits per heavy atom. The van der Waals surface area contributed by atoms with Crippen molar-refractivity contribution >= 4 is 16.8 Å². The number of carbonyl (C=O) groups is 1. The van der Waals surface area contributed by atoms with Crippen LogP contribution < -0.4 is 4.74 Å². The van der Waals surface area contributed by atoms with Crippen LogP contribution in [0.25, 0.3) is 0 Å². The lowest BCUT2D eigenvalue weighted by atomic mass is 10.1. The maximum absolute atomic E-state index is 13.8. The van der Waals surface area contributed by atoms with Gasteiger partial charge in [-0.2, -0.15) is 0 Å². The van der Waals surface area contributed by atoms with Gasteiger partial charge >= 0.3 is 0 Å². The van der Waals surface area contributed by atoms with E-state index in [1.807, 2.05) is 0 Å². The summed E-state index contributed by atoms with van der Waals surface area (Å²) in [6.07, 6.45) is 8.45. The van der Waals surface area contributed by atoms with Crippen molar-refractivity contribution in [2.75, 3.05) is 6.61 Å². The van der Waals surface area contributed by atoms with E-state index in [-0.39, 0.29) is 6.61 Å². The van der Waals surface area contributed by atoms with Gasteiger partial charge < -0.3 is 4.74 Å². The van der Waals surface area contributed by atoms with Crippen molar-refractivity contribution in [3.05, 3.63) is 29.8 Å². The van der Waals surface area contributed by atoms with Crippen LogP contribution >= 0.6 is 11.6 Å². The van der Waals surface area contributed by atoms with Crippen LogP contribution in [0, 0.1) is 0 Å². The Kier molecular flexibility index (Phi) is 10.7. The van der Waals surface area contributed by atoms with Crippen LogP contribution in [0.2, 0.25) is 0 Å². The summed E-state index contributed by atoms with van der Waals surface area (Å²) in [4.78, 5) is 11.2. The summed E-state index contributed by atoms with van der Waals surface area (Å²) in [6, 6.07) is 6.78. The minimum atomic E-state index is -0.843. The molecule has 23 heavy (non-hydrogen) atoms. The maximum Gasteiger partial charge on any atom is 0.256 e. The highest BCUT2D eigenvalue weighted by Gasteiger charge is 2.11. The van der Waals surface area contributed by atoms with E-state index in [0.717, 1.165) is 12.8 Å². The van der Waals surface area contributed by atoms with Gasteiger partial charge in [0.05, 0.1) is 12.2 Å². The third kappa shape index (κ3) is 8.95. The Balaban J connectivity index is 2.12. The molecular weight excluding hydrogens is 315 g/mol. The van der Waals surface area contributed by atoms with Crippen LogP contribution in [0.15, 0.2) is 24.3 Å². The third-order valence-corrected chi connectivity index (χ3v) is 4.11. The molecule has 0 aliphatic heterocycles. The van der Waals surface area contributed by atoms with Gasteiger partial charge in [-0.25, -0.2) is 4.39 Å². The smallest absolute Gasteiger partial charge is 0.256 e. The molecule has 0 spiro atoms. The predicted octanol–water partition coefficient (Wildman–Crippen LogP) is 6.31. The normalized spacial score (nSPS) is 12.1. The van der Waals surface area contributed by atoms with E-state index in [1.165, 1.54) is 32.1 Å². The Hall–Kier alpha value is -1.09. The first-order valence-electron chi connectivity index (χ1n) is 8.71. The Labute approximate surface area is 144 Å². The number of para-hydroxylation sites is 1. The molecule has 0 fully saturated rings. The molecule has 0 saturated carbocycles. The van der Waals surface area contributed by atoms with Crippen LogP contribution in [-0.4, -0.2) is 18.0 Å². The fourth-order valence-corrected chi connectivity index (χ4v) is 2.68. The van der Waals surface area contributed by atoms with Gasteiger partial charge in [-0.15, -0.1) is 0 Å². The van der Waals surface area contributed by atoms with Crippen molar-refractivity contribution in [1.29, 1.82) is 0 Å². The van der Waals surface area contributed by atoms with Crippen molar-refractivity contribution < 1.29 is 13.9 Å². The largest absolute Gasteiger partial charge is 0.493 e. The van der Waals surface area contributed by atoms with Crippen molar-refractivity contribution in [2.24, 2.45) is 0 Å². The highest BCUT2D eigenvalue weighted by molar-refractivity contribution is 6.68. The van der Waals surface area contributed by atoms with Crippen molar-refractivity contribution in [2.45, 2.75) is 70.9 Å². The van der Waals surface area contributed by atoms with Gasteiger partial charge in [-0.1, -0.05) is 64.0 Å². The molecule has 4 heteroatoms. The van der Waals surface area contributed by atoms with Crippen molar-refractivity contribution in [3.63, 3.8) is 0 Å². The number of halogens is 2. The van der Waals surface area contributed by atoms with Gasteiger partial charge in [0.2, 0.25) is 0 Å². The van der Waals surface area contributed by atoms with Crippen LogP contribution in [0.5, 0.6) is 5.75 Å². The molecule has 0 bridgehead atoms. The summed E-state index contributed by atoms with van der Waals surface area (Å²) in [6.45, 7) is 2.47. The maximum atomic E-state index is 13.8. The minimum Gasteiger partial charge on any atom is -0.493 e. The number of alkyl halides is 1. The first-order chi connectivity index (χ1) is 11.1. The van der Waals surface area contributed by atoms with Crippen LogP contribution in [-0.2, 0) is 0 Å². The molecule has 1 rings (SSSR count). The van der Waals surface area contributed by atoms with E-state index in [9.17, 15) is 9.18 Å². The topological polar surface area (TPSA) is 26.3 Å². The van der Waals surface area contributed by atoms with E-state index in [0.29, 0.717) is 24.2 Å². The summed E-state index contributed by atoms with van der Waals surface area (Å²) in [7, 11) is 0. The molecule has 1 aromatic rings. The monoisotopic (exact) mass is 342 g/mol. The number of rotatable bonds is 13. The first-order valence-corrected chi connectivity index (χ1v) is 9.08. The van der Waals surface area contributed by atoms with Crippen LogP contribution in [0.3, 0.4) is 0 Å². The number of hydrogen-bond donors (Lipinski definition) is 0. The molecule has 0 aliphatic rings. The number of ether oxygens (including phenoxy) is 1. The van der Waals surface area contributed by atoms with Crippen LogP contribution in [0.4, 0.5) is 4.39 Å². The second kappa shape index (κ2) is 12.3. The molecule has 2 nitrogen and oxygen atoms in total. The van der Waals surface area contributed by atoms with E-state index in [4.69, 9.17) is 16.3 Å². The van der Waals surface area contributed by atoms with E-state index >= 15 is 0 Å². The number of hydrogen-bond acceptors (Lipinski definition) is 2. The fourth-order valence-electron chi connectivity index (χ4n) is 2.52. The Bertz CT molecular complexity index is 451. The van der Waals surface area contributed by atoms with E-state index in [2.05, 4.69) is 6.92 Å². The quantitative estimate of drug-likeness (QED) is 0.310. The Morgan fingerprint density at radius 3 is 2.43 bits per heavy atom. The van der Waals surface area contributed by atoms with Gasteiger partial charge in [0, 0.05) is 6.42 Å². The Morgan fingerprint density at radius 1 is 1.09 bits per heavy atom. The fraction of sp³-hybridized carbons (Fsp3) is 0.632. The first kappa shape index (κ1) is 20.0. The SMILES string of the molecule is CCCCCCCCCC(F)CCOc1ccccc1C(=O)Cl. The lowest BCUT2D eigenvalue weighted by Gasteiger charge is -2.11. The second-order valence-electron chi connectivity index (χ2n) is 5.91. The standard InChI is InChI=1S/C19H28ClFO2/c1-2-3-4-5-6-7-8-11-16(21)14-15-23-18-13-10-9-12-17(18)19(20)22/h9-10,12-13,16H,2-8,11,14-15H2,1H3. The van der Waals surface area contributed by atoms with Gasteiger partial charge in [0.15, 0.2) is 0 Å². The zero-order valence-corrected chi connectivity index (χ0v) is 14.8. The predicted molar refractivity (Wildman–Crippen MR) is 94.2 cm³/mol. The molecule has 130 valence electrons. The van der Waals surface area contributed by atoms with Gasteiger partial charge in [-0.05, 0) is 30.2 Å². The summed E-state index contributed by atoms with van der Waals surface area (Å²) < 4.78 is 19.3. The summed E-state index contributed by atoms with van der Waals surface area (Å²) in [5, 5.41) is -0.555. The molecule has 1 atom stereocenters. The zero-order chi connectivity index (χ0) is 16.9. The molecule has 1 unspecified atom stereocenters. The average molecular weight is 343 g/mol. The summed E-state index contributed by atoms with van der Waals surface area (Å²) >= 11 is 5.49. The number of carbonyl (C=O) groups excluding carboxylic acids is 1. The average Bonchev–Trinajstić information content (AvgIpc) is 2.54. The molecule has 1 aromatic carbocycles. The lowest BCUT2D eigenvalue weighted by Crippen LogP contribution is -2.09. The van der Waals surface area contributed by atoms with Gasteiger partial charge in [0.25, 0.3) is 5.24 Å². The molecule has 0 aromatic heterocycles. The molecule has 0 saturated heterocycles. The number of unbranched alkanes of at least 4 members (excludes halogenated alkanes) is 6. The summed E-state index contributed by atoms with van der Waals surface area (Å²) in [5.41, 5.74) is 0.330. The third-order valence-electron chi connectivity index (χ3n) is 3.91. The minimum absolute atomic E-state index is 0.263. The van der Waals surface area contributed by atoms with Crippen molar-refractivity contribution in [3.8, 4) is 5.75 Å². The van der Waals surface area contributed by atoms with E-state index in [1.54, 1.807) is 24.3 Å². The van der Waals surface area contributed by atoms with Gasteiger partial charge in [-0.3, -0.25) is 4.79 Å². The van der Waals surface area contributed by atoms with E-state index < -0.39 is 11.4 Å². The van der Waals surface area contributed by atoms with Crippen LogP contribution in [0.1, 0.15) is 75.1 Å². The molecule has 0 amide bonds. The number of benzene rings is 1. The highest BCUT2D eigenvalue weighted by atomic mass is 35.5. The molecule has 0 N–H and O–H groups in total. The highest BCUT2D eigenvalue weighted by Crippen LogP contribution is 2.21. The molecular formula is C19H28ClFO2. The molecule has 0 radical (unpaired) electrons. The summed E-state index contributed by atoms with van der Waals surface area (Å²) in [5.74, 6) is 0.427. The zero-order valence-electron chi connectivity index (χ0n) is 14.0. The molecule has 0 aliphatic carbocycles. The van der Waals surface area contributed by atoms with Crippen molar-refractivity contribution in [1.82, 2.24) is 0 Å². The van der Waals surface area contributed by atoms with Gasteiger partial charge in [0.1, 0.15) is 11.9 Å². The lowest BCUT2D eigenvalue weighted by molar-refractivity contribution is 0.107. The second-order valence-corrected chi connectivity index (χ2v) is 6.26.